The van der Waals surface area contributed by atoms with E-state index in [4.69, 9.17) is 15.3 Å². The number of nitrogens with zero attached hydrogens (tertiary/aromatic N) is 2. The molecular weight excluding hydrogens is 302 g/mol. The molecule has 0 fully saturated rings. The number of carbonyl (C=O) groups is 1. The van der Waals surface area contributed by atoms with E-state index in [9.17, 15) is 4.79 Å². The molecule has 2 rings (SSSR count). The second kappa shape index (κ2) is 8.77. The molecular formula is C19H15N3O2. The molecule has 1 N–H and O–H groups in total. The van der Waals surface area contributed by atoms with E-state index in [2.05, 4.69) is 5.32 Å². The molecule has 0 aromatic heterocycles. The van der Waals surface area contributed by atoms with E-state index in [-0.39, 0.29) is 5.91 Å². The maximum atomic E-state index is 11.7. The fraction of sp³-hybridized carbons (Fsp3) is 0.105. The van der Waals surface area contributed by atoms with Crippen LogP contribution in [-0.4, -0.2) is 19.1 Å². The van der Waals surface area contributed by atoms with Crippen LogP contribution in [0.25, 0.3) is 6.08 Å². The van der Waals surface area contributed by atoms with Gasteiger partial charge in [-0.15, -0.1) is 0 Å². The molecule has 24 heavy (non-hydrogen) atoms. The highest BCUT2D eigenvalue weighted by molar-refractivity contribution is 5.91. The van der Waals surface area contributed by atoms with Crippen LogP contribution in [0.15, 0.2) is 54.6 Å². The molecule has 0 saturated heterocycles. The summed E-state index contributed by atoms with van der Waals surface area (Å²) >= 11 is 0. The quantitative estimate of drug-likeness (QED) is 0.655. The third kappa shape index (κ3) is 5.32. The molecule has 0 bridgehead atoms. The molecule has 0 saturated carbocycles. The Morgan fingerprint density at radius 3 is 2.54 bits per heavy atom. The fourth-order valence-corrected chi connectivity index (χ4v) is 1.90. The van der Waals surface area contributed by atoms with E-state index in [1.807, 2.05) is 12.1 Å². The fourth-order valence-electron chi connectivity index (χ4n) is 1.90. The number of ether oxygens (including phenoxy) is 1. The van der Waals surface area contributed by atoms with Crippen molar-refractivity contribution in [1.29, 1.82) is 10.5 Å². The van der Waals surface area contributed by atoms with Crippen molar-refractivity contribution in [3.8, 4) is 17.9 Å². The molecule has 1 amide bonds. The van der Waals surface area contributed by atoms with Crippen molar-refractivity contribution in [2.45, 2.75) is 0 Å². The van der Waals surface area contributed by atoms with Crippen LogP contribution in [0.2, 0.25) is 0 Å². The molecule has 5 heteroatoms. The lowest BCUT2D eigenvalue weighted by Gasteiger charge is -2.06. The molecule has 2 aromatic carbocycles. The SMILES string of the molecule is N#Cc1ccc(C=CC(=O)NCCOc2cccc(C#N)c2)cc1. The van der Waals surface area contributed by atoms with E-state index in [0.29, 0.717) is 30.0 Å². The Bertz CT molecular complexity index is 812. The normalized spacial score (nSPS) is 9.92. The molecule has 0 atom stereocenters. The van der Waals surface area contributed by atoms with E-state index in [1.165, 1.54) is 6.08 Å². The van der Waals surface area contributed by atoms with Crippen molar-refractivity contribution in [2.24, 2.45) is 0 Å². The van der Waals surface area contributed by atoms with Gasteiger partial charge in [-0.1, -0.05) is 18.2 Å². The van der Waals surface area contributed by atoms with Gasteiger partial charge in [0.2, 0.25) is 5.91 Å². The summed E-state index contributed by atoms with van der Waals surface area (Å²) in [5.41, 5.74) is 1.95. The number of nitriles is 2. The Labute approximate surface area is 140 Å². The lowest BCUT2D eigenvalue weighted by atomic mass is 10.1. The number of hydrogen-bond donors (Lipinski definition) is 1. The molecule has 0 aliphatic rings. The van der Waals surface area contributed by atoms with Gasteiger partial charge >= 0.3 is 0 Å². The zero-order valence-electron chi connectivity index (χ0n) is 12.9. The van der Waals surface area contributed by atoms with E-state index >= 15 is 0 Å². The van der Waals surface area contributed by atoms with Crippen LogP contribution in [0.1, 0.15) is 16.7 Å². The van der Waals surface area contributed by atoms with Gasteiger partial charge in [0.25, 0.3) is 0 Å². The minimum absolute atomic E-state index is 0.228. The van der Waals surface area contributed by atoms with Crippen molar-refractivity contribution in [2.75, 3.05) is 13.2 Å². The van der Waals surface area contributed by atoms with E-state index in [0.717, 1.165) is 5.56 Å². The first-order valence-corrected chi connectivity index (χ1v) is 7.30. The Hall–Kier alpha value is -3.57. The van der Waals surface area contributed by atoms with Crippen molar-refractivity contribution >= 4 is 12.0 Å². The second-order valence-corrected chi connectivity index (χ2v) is 4.85. The van der Waals surface area contributed by atoms with Gasteiger partial charge in [0.1, 0.15) is 12.4 Å². The average Bonchev–Trinajstić information content (AvgIpc) is 2.64. The number of carbonyl (C=O) groups excluding carboxylic acids is 1. The summed E-state index contributed by atoms with van der Waals surface area (Å²) < 4.78 is 5.47. The highest BCUT2D eigenvalue weighted by Crippen LogP contribution is 2.12. The first kappa shape index (κ1) is 16.8. The number of amides is 1. The third-order valence-corrected chi connectivity index (χ3v) is 3.10. The van der Waals surface area contributed by atoms with Crippen LogP contribution in [0.3, 0.4) is 0 Å². The van der Waals surface area contributed by atoms with Crippen molar-refractivity contribution in [3.05, 3.63) is 71.3 Å². The summed E-state index contributed by atoms with van der Waals surface area (Å²) in [5.74, 6) is 0.366. The van der Waals surface area contributed by atoms with Gasteiger partial charge < -0.3 is 10.1 Å². The molecule has 5 nitrogen and oxygen atoms in total. The first-order chi connectivity index (χ1) is 11.7. The van der Waals surface area contributed by atoms with Crippen LogP contribution >= 0.6 is 0 Å². The summed E-state index contributed by atoms with van der Waals surface area (Å²) in [7, 11) is 0. The predicted octanol–water partition coefficient (Wildman–Crippen LogP) is 2.64. The van der Waals surface area contributed by atoms with Crippen LogP contribution in [0.5, 0.6) is 5.75 Å². The Morgan fingerprint density at radius 2 is 1.83 bits per heavy atom. The first-order valence-electron chi connectivity index (χ1n) is 7.30. The summed E-state index contributed by atoms with van der Waals surface area (Å²) in [5, 5.41) is 20.2. The van der Waals surface area contributed by atoms with Crippen molar-refractivity contribution in [3.63, 3.8) is 0 Å². The lowest BCUT2D eigenvalue weighted by molar-refractivity contribution is -0.116. The maximum Gasteiger partial charge on any atom is 0.244 e. The van der Waals surface area contributed by atoms with Crippen LogP contribution in [0, 0.1) is 22.7 Å². The van der Waals surface area contributed by atoms with Gasteiger partial charge in [-0.05, 0) is 42.0 Å². The highest BCUT2D eigenvalue weighted by atomic mass is 16.5. The highest BCUT2D eigenvalue weighted by Gasteiger charge is 1.98. The monoisotopic (exact) mass is 317 g/mol. The molecule has 0 aliphatic heterocycles. The zero-order chi connectivity index (χ0) is 17.2. The summed E-state index contributed by atoms with van der Waals surface area (Å²) in [6, 6.07) is 17.9. The van der Waals surface area contributed by atoms with Crippen molar-refractivity contribution < 1.29 is 9.53 Å². The third-order valence-electron chi connectivity index (χ3n) is 3.10. The standard InChI is InChI=1S/C19H15N3O2/c20-13-16-6-4-15(5-7-16)8-9-19(23)22-10-11-24-18-3-1-2-17(12-18)14-21/h1-9,12H,10-11H2,(H,22,23). The molecule has 0 aliphatic carbocycles. The van der Waals surface area contributed by atoms with Gasteiger partial charge in [-0.2, -0.15) is 10.5 Å². The smallest absolute Gasteiger partial charge is 0.244 e. The molecule has 2 aromatic rings. The summed E-state index contributed by atoms with van der Waals surface area (Å²) in [6.07, 6.45) is 3.10. The van der Waals surface area contributed by atoms with Gasteiger partial charge in [0.15, 0.2) is 0 Å². The van der Waals surface area contributed by atoms with Crippen LogP contribution in [0.4, 0.5) is 0 Å². The van der Waals surface area contributed by atoms with Crippen LogP contribution in [-0.2, 0) is 4.79 Å². The number of nitrogens with one attached hydrogen (secondary N) is 1. The Balaban J connectivity index is 1.73. The van der Waals surface area contributed by atoms with Gasteiger partial charge in [0.05, 0.1) is 29.8 Å². The van der Waals surface area contributed by atoms with Crippen LogP contribution < -0.4 is 10.1 Å². The maximum absolute atomic E-state index is 11.7. The lowest BCUT2D eigenvalue weighted by Crippen LogP contribution is -2.26. The average molecular weight is 317 g/mol. The predicted molar refractivity (Wildman–Crippen MR) is 89.9 cm³/mol. The Morgan fingerprint density at radius 1 is 1.08 bits per heavy atom. The number of rotatable bonds is 6. The van der Waals surface area contributed by atoms with E-state index in [1.54, 1.807) is 54.6 Å². The molecule has 0 unspecified atom stereocenters. The second-order valence-electron chi connectivity index (χ2n) is 4.85. The molecule has 0 radical (unpaired) electrons. The topological polar surface area (TPSA) is 85.9 Å². The van der Waals surface area contributed by atoms with Crippen molar-refractivity contribution in [1.82, 2.24) is 5.32 Å². The van der Waals surface area contributed by atoms with Gasteiger partial charge in [-0.25, -0.2) is 0 Å². The Kier molecular flexibility index (Phi) is 6.14. The number of benzene rings is 2. The molecule has 0 spiro atoms. The molecule has 0 heterocycles. The molecule has 118 valence electrons. The zero-order valence-corrected chi connectivity index (χ0v) is 12.9. The summed E-state index contributed by atoms with van der Waals surface area (Å²) in [4.78, 5) is 11.7. The van der Waals surface area contributed by atoms with E-state index < -0.39 is 0 Å². The minimum Gasteiger partial charge on any atom is -0.492 e. The number of hydrogen-bond acceptors (Lipinski definition) is 4. The van der Waals surface area contributed by atoms with Gasteiger partial charge in [-0.3, -0.25) is 4.79 Å². The van der Waals surface area contributed by atoms with Gasteiger partial charge in [0, 0.05) is 6.08 Å². The largest absolute Gasteiger partial charge is 0.492 e. The summed E-state index contributed by atoms with van der Waals surface area (Å²) in [6.45, 7) is 0.665. The minimum atomic E-state index is -0.228.